The Morgan fingerprint density at radius 2 is 2.15 bits per heavy atom. The predicted octanol–water partition coefficient (Wildman–Crippen LogP) is 2.31. The van der Waals surface area contributed by atoms with Gasteiger partial charge in [-0.15, -0.1) is 0 Å². The molecule has 108 valence electrons. The summed E-state index contributed by atoms with van der Waals surface area (Å²) in [4.78, 5) is 11.5. The number of methoxy groups -OCH3 is 2. The van der Waals surface area contributed by atoms with Crippen molar-refractivity contribution in [2.24, 2.45) is 0 Å². The largest absolute Gasteiger partial charge is 0.465 e. The summed E-state index contributed by atoms with van der Waals surface area (Å²) in [6, 6.07) is 2.79. The average Bonchev–Trinajstić information content (AvgIpc) is 2.75. The van der Waals surface area contributed by atoms with Gasteiger partial charge in [0, 0.05) is 20.3 Å². The third-order valence-corrected chi connectivity index (χ3v) is 3.12. The van der Waals surface area contributed by atoms with Crippen molar-refractivity contribution in [3.8, 4) is 0 Å². The third-order valence-electron chi connectivity index (χ3n) is 3.12. The van der Waals surface area contributed by atoms with E-state index >= 15 is 0 Å². The van der Waals surface area contributed by atoms with Gasteiger partial charge in [-0.1, -0.05) is 0 Å². The lowest BCUT2D eigenvalue weighted by atomic mass is 10.1. The topological polar surface area (TPSA) is 53.4 Å². The van der Waals surface area contributed by atoms with Crippen molar-refractivity contribution in [1.82, 2.24) is 9.78 Å². The Labute approximate surface area is 116 Å². The van der Waals surface area contributed by atoms with Crippen LogP contribution < -0.4 is 0 Å². The first-order valence-electron chi connectivity index (χ1n) is 6.32. The van der Waals surface area contributed by atoms with Crippen LogP contribution in [-0.2, 0) is 16.0 Å². The molecule has 0 spiro atoms. The van der Waals surface area contributed by atoms with Crippen LogP contribution in [0.3, 0.4) is 0 Å². The van der Waals surface area contributed by atoms with Gasteiger partial charge >= 0.3 is 5.97 Å². The molecule has 0 unspecified atom stereocenters. The molecular formula is C14H17FN2O3. The van der Waals surface area contributed by atoms with Crippen molar-refractivity contribution in [3.05, 3.63) is 29.2 Å². The van der Waals surface area contributed by atoms with Gasteiger partial charge in [-0.3, -0.25) is 4.68 Å². The molecule has 5 nitrogen and oxygen atoms in total. The van der Waals surface area contributed by atoms with Gasteiger partial charge in [0.05, 0.1) is 29.3 Å². The van der Waals surface area contributed by atoms with E-state index in [-0.39, 0.29) is 5.56 Å². The first-order chi connectivity index (χ1) is 9.58. The number of aryl methyl sites for hydroxylation is 2. The van der Waals surface area contributed by atoms with E-state index in [1.54, 1.807) is 24.8 Å². The summed E-state index contributed by atoms with van der Waals surface area (Å²) in [5.41, 5.74) is 1.38. The number of rotatable bonds is 5. The molecule has 0 saturated heterocycles. The molecular weight excluding hydrogens is 263 g/mol. The molecule has 20 heavy (non-hydrogen) atoms. The Kier molecular flexibility index (Phi) is 4.34. The number of nitrogens with zero attached hydrogens (tertiary/aromatic N) is 2. The van der Waals surface area contributed by atoms with Crippen LogP contribution in [-0.4, -0.2) is 36.6 Å². The van der Waals surface area contributed by atoms with E-state index in [1.807, 2.05) is 0 Å². The van der Waals surface area contributed by atoms with Gasteiger partial charge in [-0.2, -0.15) is 5.10 Å². The third kappa shape index (κ3) is 2.65. The maximum Gasteiger partial charge on any atom is 0.338 e. The van der Waals surface area contributed by atoms with E-state index in [2.05, 4.69) is 9.84 Å². The van der Waals surface area contributed by atoms with Crippen LogP contribution in [0.1, 0.15) is 22.5 Å². The van der Waals surface area contributed by atoms with Gasteiger partial charge in [0.25, 0.3) is 0 Å². The molecule has 6 heteroatoms. The lowest BCUT2D eigenvalue weighted by Crippen LogP contribution is -2.05. The fourth-order valence-electron chi connectivity index (χ4n) is 2.20. The average molecular weight is 280 g/mol. The number of hydrogen-bond donors (Lipinski definition) is 0. The highest BCUT2D eigenvalue weighted by Crippen LogP contribution is 2.24. The van der Waals surface area contributed by atoms with E-state index < -0.39 is 11.8 Å². The molecule has 0 aliphatic rings. The van der Waals surface area contributed by atoms with Crippen LogP contribution in [0, 0.1) is 12.7 Å². The second-order valence-corrected chi connectivity index (χ2v) is 4.50. The number of carbonyl (C=O) groups is 1. The number of aromatic nitrogens is 2. The maximum absolute atomic E-state index is 14.1. The number of benzene rings is 1. The van der Waals surface area contributed by atoms with Crippen molar-refractivity contribution in [1.29, 1.82) is 0 Å². The van der Waals surface area contributed by atoms with Crippen LogP contribution in [0.4, 0.5) is 4.39 Å². The van der Waals surface area contributed by atoms with Crippen molar-refractivity contribution < 1.29 is 18.7 Å². The van der Waals surface area contributed by atoms with Crippen LogP contribution >= 0.6 is 0 Å². The van der Waals surface area contributed by atoms with Gasteiger partial charge in [0.2, 0.25) is 0 Å². The van der Waals surface area contributed by atoms with Crippen molar-refractivity contribution in [2.75, 3.05) is 20.8 Å². The zero-order chi connectivity index (χ0) is 14.7. The molecule has 0 amide bonds. The molecule has 1 heterocycles. The lowest BCUT2D eigenvalue weighted by Gasteiger charge is -2.05. The summed E-state index contributed by atoms with van der Waals surface area (Å²) in [6.45, 7) is 2.94. The number of esters is 1. The first-order valence-corrected chi connectivity index (χ1v) is 6.32. The Morgan fingerprint density at radius 1 is 1.40 bits per heavy atom. The molecule has 2 aromatic rings. The fourth-order valence-corrected chi connectivity index (χ4v) is 2.20. The highest BCUT2D eigenvalue weighted by Gasteiger charge is 2.16. The van der Waals surface area contributed by atoms with Crippen LogP contribution in [0.5, 0.6) is 0 Å². The number of hydrogen-bond acceptors (Lipinski definition) is 4. The summed E-state index contributed by atoms with van der Waals surface area (Å²) in [6.07, 6.45) is 0.761. The molecule has 1 aromatic carbocycles. The zero-order valence-corrected chi connectivity index (χ0v) is 11.8. The van der Waals surface area contributed by atoms with E-state index in [9.17, 15) is 9.18 Å². The SMILES string of the molecule is COCCCn1nc(C)c2c(F)cc(C(=O)OC)cc21. The second-order valence-electron chi connectivity index (χ2n) is 4.50. The van der Waals surface area contributed by atoms with Crippen LogP contribution in [0.15, 0.2) is 12.1 Å². The predicted molar refractivity (Wildman–Crippen MR) is 72.3 cm³/mol. The van der Waals surface area contributed by atoms with Crippen molar-refractivity contribution in [3.63, 3.8) is 0 Å². The molecule has 0 atom stereocenters. The molecule has 0 saturated carbocycles. The number of carbonyl (C=O) groups excluding carboxylic acids is 1. The summed E-state index contributed by atoms with van der Waals surface area (Å²) in [7, 11) is 2.90. The lowest BCUT2D eigenvalue weighted by molar-refractivity contribution is 0.0600. The summed E-state index contributed by atoms with van der Waals surface area (Å²) in [5, 5.41) is 4.76. The highest BCUT2D eigenvalue weighted by molar-refractivity contribution is 5.95. The van der Waals surface area contributed by atoms with Crippen LogP contribution in [0.2, 0.25) is 0 Å². The van der Waals surface area contributed by atoms with E-state index in [0.29, 0.717) is 29.7 Å². The number of fused-ring (bicyclic) bond motifs is 1. The monoisotopic (exact) mass is 280 g/mol. The maximum atomic E-state index is 14.1. The molecule has 1 aromatic heterocycles. The molecule has 0 aliphatic heterocycles. The van der Waals surface area contributed by atoms with E-state index in [4.69, 9.17) is 4.74 Å². The van der Waals surface area contributed by atoms with Gasteiger partial charge in [0.15, 0.2) is 0 Å². The molecule has 0 bridgehead atoms. The van der Waals surface area contributed by atoms with E-state index in [0.717, 1.165) is 6.42 Å². The minimum absolute atomic E-state index is 0.186. The molecule has 0 aliphatic carbocycles. The molecule has 2 rings (SSSR count). The smallest absolute Gasteiger partial charge is 0.338 e. The van der Waals surface area contributed by atoms with E-state index in [1.165, 1.54) is 13.2 Å². The molecule has 0 fully saturated rings. The minimum atomic E-state index is -0.562. The Balaban J connectivity index is 2.48. The number of halogens is 1. The Morgan fingerprint density at radius 3 is 2.80 bits per heavy atom. The standard InChI is InChI=1S/C14H17FN2O3/c1-9-13-11(15)7-10(14(18)20-3)8-12(13)17(16-9)5-4-6-19-2/h7-8H,4-6H2,1-3H3. The van der Waals surface area contributed by atoms with Gasteiger partial charge in [-0.25, -0.2) is 9.18 Å². The Hall–Kier alpha value is -1.95. The van der Waals surface area contributed by atoms with Gasteiger partial charge < -0.3 is 9.47 Å². The van der Waals surface area contributed by atoms with Crippen molar-refractivity contribution in [2.45, 2.75) is 19.9 Å². The normalized spacial score (nSPS) is 11.0. The van der Waals surface area contributed by atoms with Gasteiger partial charge in [0.1, 0.15) is 5.82 Å². The quantitative estimate of drug-likeness (QED) is 0.623. The number of ether oxygens (including phenoxy) is 2. The zero-order valence-electron chi connectivity index (χ0n) is 11.8. The molecule has 0 radical (unpaired) electrons. The summed E-state index contributed by atoms with van der Waals surface area (Å²) in [5.74, 6) is -1.02. The minimum Gasteiger partial charge on any atom is -0.465 e. The second kappa shape index (κ2) is 6.00. The van der Waals surface area contributed by atoms with Crippen molar-refractivity contribution >= 4 is 16.9 Å². The first kappa shape index (κ1) is 14.5. The fraction of sp³-hybridized carbons (Fsp3) is 0.429. The van der Waals surface area contributed by atoms with Gasteiger partial charge in [-0.05, 0) is 25.5 Å². The summed E-state index contributed by atoms with van der Waals surface area (Å²) >= 11 is 0. The van der Waals surface area contributed by atoms with Crippen LogP contribution in [0.25, 0.3) is 10.9 Å². The Bertz CT molecular complexity index is 637. The summed E-state index contributed by atoms with van der Waals surface area (Å²) < 4.78 is 25.4. The highest BCUT2D eigenvalue weighted by atomic mass is 19.1. The molecule has 0 N–H and O–H groups in total.